The average molecular weight is 295 g/mol. The van der Waals surface area contributed by atoms with Gasteiger partial charge in [0.1, 0.15) is 0 Å². The molecule has 2 aromatic rings. The van der Waals surface area contributed by atoms with Crippen molar-refractivity contribution in [2.24, 2.45) is 0 Å². The second-order valence-corrected chi connectivity index (χ2v) is 6.03. The van der Waals surface area contributed by atoms with E-state index in [-0.39, 0.29) is 11.5 Å². The summed E-state index contributed by atoms with van der Waals surface area (Å²) in [7, 11) is -3.28. The van der Waals surface area contributed by atoms with E-state index >= 15 is 0 Å². The maximum atomic E-state index is 11.5. The Bertz CT molecular complexity index is 719. The van der Waals surface area contributed by atoms with Crippen molar-refractivity contribution in [1.29, 1.82) is 0 Å². The molecule has 0 saturated heterocycles. The van der Waals surface area contributed by atoms with Gasteiger partial charge in [0.05, 0.1) is 23.3 Å². The first-order valence-corrected chi connectivity index (χ1v) is 7.69. The molecule has 2 aromatic heterocycles. The molecule has 0 aliphatic heterocycles. The normalized spacial score (nSPS) is 11.3. The fourth-order valence-electron chi connectivity index (χ4n) is 1.50. The predicted molar refractivity (Wildman–Crippen MR) is 70.4 cm³/mol. The molecule has 0 fully saturated rings. The Balaban J connectivity index is 2.27. The third-order valence-electron chi connectivity index (χ3n) is 2.48. The highest BCUT2D eigenvalue weighted by Crippen LogP contribution is 2.11. The highest BCUT2D eigenvalue weighted by molar-refractivity contribution is 7.90. The second kappa shape index (κ2) is 5.41. The molecular weight excluding hydrogens is 282 g/mol. The van der Waals surface area contributed by atoms with Gasteiger partial charge in [-0.25, -0.2) is 22.9 Å². The summed E-state index contributed by atoms with van der Waals surface area (Å²) in [6.45, 7) is 2.00. The molecule has 8 heteroatoms. The monoisotopic (exact) mass is 295 g/mol. The van der Waals surface area contributed by atoms with Crippen LogP contribution in [0.1, 0.15) is 17.3 Å². The predicted octanol–water partition coefficient (Wildman–Crippen LogP) is 0.848. The molecule has 106 valence electrons. The molecule has 0 bridgehead atoms. The van der Waals surface area contributed by atoms with Crippen molar-refractivity contribution in [3.8, 4) is 5.82 Å². The summed E-state index contributed by atoms with van der Waals surface area (Å²) >= 11 is 0. The van der Waals surface area contributed by atoms with Crippen molar-refractivity contribution in [2.45, 2.75) is 11.8 Å². The Morgan fingerprint density at radius 2 is 2.10 bits per heavy atom. The van der Waals surface area contributed by atoms with E-state index in [9.17, 15) is 13.2 Å². The van der Waals surface area contributed by atoms with Crippen LogP contribution in [-0.2, 0) is 14.6 Å². The van der Waals surface area contributed by atoms with Gasteiger partial charge in [-0.15, -0.1) is 0 Å². The fraction of sp³-hybridized carbons (Fsp3) is 0.250. The molecule has 7 nitrogen and oxygen atoms in total. The van der Waals surface area contributed by atoms with Crippen LogP contribution in [0.5, 0.6) is 0 Å². The van der Waals surface area contributed by atoms with Crippen LogP contribution in [0.25, 0.3) is 5.82 Å². The van der Waals surface area contributed by atoms with E-state index in [4.69, 9.17) is 4.74 Å². The van der Waals surface area contributed by atoms with E-state index < -0.39 is 15.8 Å². The number of nitrogens with zero attached hydrogens (tertiary/aromatic N) is 3. The zero-order valence-electron chi connectivity index (χ0n) is 11.0. The van der Waals surface area contributed by atoms with E-state index in [0.717, 1.165) is 6.26 Å². The number of ether oxygens (including phenoxy) is 1. The van der Waals surface area contributed by atoms with E-state index in [1.807, 2.05) is 0 Å². The third kappa shape index (κ3) is 3.02. The maximum absolute atomic E-state index is 11.5. The Kier molecular flexibility index (Phi) is 3.84. The summed E-state index contributed by atoms with van der Waals surface area (Å²) < 4.78 is 28.9. The van der Waals surface area contributed by atoms with Gasteiger partial charge in [0.2, 0.25) is 0 Å². The van der Waals surface area contributed by atoms with Gasteiger partial charge in [-0.1, -0.05) is 0 Å². The van der Waals surface area contributed by atoms with Crippen molar-refractivity contribution < 1.29 is 17.9 Å². The summed E-state index contributed by atoms with van der Waals surface area (Å²) in [4.78, 5) is 15.6. The number of rotatable bonds is 4. The van der Waals surface area contributed by atoms with E-state index in [1.54, 1.807) is 6.92 Å². The lowest BCUT2D eigenvalue weighted by atomic mass is 10.4. The maximum Gasteiger partial charge on any atom is 0.341 e. The largest absolute Gasteiger partial charge is 0.462 e. The number of carbonyl (C=O) groups excluding carboxylic acids is 1. The molecule has 0 aromatic carbocycles. The summed E-state index contributed by atoms with van der Waals surface area (Å²) in [5.74, 6) is -0.0561. The van der Waals surface area contributed by atoms with Gasteiger partial charge in [0, 0.05) is 18.6 Å². The zero-order valence-corrected chi connectivity index (χ0v) is 11.8. The molecule has 0 saturated carbocycles. The van der Waals surface area contributed by atoms with Crippen LogP contribution in [0.15, 0.2) is 35.6 Å². The van der Waals surface area contributed by atoms with Crippen LogP contribution in [0, 0.1) is 0 Å². The Morgan fingerprint density at radius 3 is 2.65 bits per heavy atom. The molecule has 0 radical (unpaired) electrons. The first-order chi connectivity index (χ1) is 9.41. The molecule has 0 unspecified atom stereocenters. The number of hydrogen-bond donors (Lipinski definition) is 0. The number of carbonyl (C=O) groups is 1. The molecule has 0 atom stereocenters. The van der Waals surface area contributed by atoms with E-state index in [1.165, 1.54) is 35.4 Å². The molecule has 0 amide bonds. The molecule has 0 spiro atoms. The Labute approximate surface area is 116 Å². The summed E-state index contributed by atoms with van der Waals surface area (Å²) in [6, 6.07) is 2.95. The number of esters is 1. The molecular formula is C12H13N3O4S. The SMILES string of the molecule is CCOC(=O)c1cnn(-c2ccc(S(C)(=O)=O)cn2)c1. The Hall–Kier alpha value is -2.22. The lowest BCUT2D eigenvalue weighted by Crippen LogP contribution is -2.04. The standard InChI is InChI=1S/C12H13N3O4S/c1-3-19-12(16)9-6-14-15(8-9)11-5-4-10(7-13-11)20(2,17)18/h4-8H,3H2,1-2H3. The highest BCUT2D eigenvalue weighted by Gasteiger charge is 2.12. The van der Waals surface area contributed by atoms with Crippen LogP contribution in [0.3, 0.4) is 0 Å². The van der Waals surface area contributed by atoms with Gasteiger partial charge in [-0.2, -0.15) is 5.10 Å². The summed E-state index contributed by atoms with van der Waals surface area (Å²) in [6.07, 6.45) is 5.19. The van der Waals surface area contributed by atoms with Gasteiger partial charge in [0.15, 0.2) is 15.7 Å². The third-order valence-corrected chi connectivity index (χ3v) is 3.58. The van der Waals surface area contributed by atoms with Crippen LogP contribution in [0.2, 0.25) is 0 Å². The summed E-state index contributed by atoms with van der Waals surface area (Å²) in [5, 5.41) is 3.99. The van der Waals surface area contributed by atoms with Crippen LogP contribution in [0.4, 0.5) is 0 Å². The first-order valence-electron chi connectivity index (χ1n) is 5.80. The van der Waals surface area contributed by atoms with Crippen molar-refractivity contribution >= 4 is 15.8 Å². The minimum atomic E-state index is -3.28. The first kappa shape index (κ1) is 14.2. The van der Waals surface area contributed by atoms with Gasteiger partial charge in [0.25, 0.3) is 0 Å². The lowest BCUT2D eigenvalue weighted by Gasteiger charge is -2.01. The van der Waals surface area contributed by atoms with Gasteiger partial charge < -0.3 is 4.74 Å². The molecule has 20 heavy (non-hydrogen) atoms. The highest BCUT2D eigenvalue weighted by atomic mass is 32.2. The van der Waals surface area contributed by atoms with Crippen LogP contribution in [-0.4, -0.2) is 42.0 Å². The van der Waals surface area contributed by atoms with Crippen molar-refractivity contribution in [3.63, 3.8) is 0 Å². The summed E-state index contributed by atoms with van der Waals surface area (Å²) in [5.41, 5.74) is 0.306. The topological polar surface area (TPSA) is 91.1 Å². The number of sulfone groups is 1. The average Bonchev–Trinajstić information content (AvgIpc) is 2.88. The second-order valence-electron chi connectivity index (χ2n) is 4.02. The van der Waals surface area contributed by atoms with E-state index in [2.05, 4.69) is 10.1 Å². The zero-order chi connectivity index (χ0) is 14.8. The number of aromatic nitrogens is 3. The van der Waals surface area contributed by atoms with Crippen molar-refractivity contribution in [3.05, 3.63) is 36.3 Å². The van der Waals surface area contributed by atoms with Crippen molar-refractivity contribution in [1.82, 2.24) is 14.8 Å². The number of hydrogen-bond acceptors (Lipinski definition) is 6. The fourth-order valence-corrected chi connectivity index (χ4v) is 2.05. The smallest absolute Gasteiger partial charge is 0.341 e. The van der Waals surface area contributed by atoms with Crippen molar-refractivity contribution in [2.75, 3.05) is 12.9 Å². The van der Waals surface area contributed by atoms with Gasteiger partial charge >= 0.3 is 5.97 Å². The van der Waals surface area contributed by atoms with Gasteiger partial charge in [-0.3, -0.25) is 0 Å². The quantitative estimate of drug-likeness (QED) is 0.776. The van der Waals surface area contributed by atoms with E-state index in [0.29, 0.717) is 11.4 Å². The van der Waals surface area contributed by atoms with Gasteiger partial charge in [-0.05, 0) is 19.1 Å². The minimum absolute atomic E-state index is 0.124. The van der Waals surface area contributed by atoms with Crippen LogP contribution >= 0.6 is 0 Å². The number of pyridine rings is 1. The minimum Gasteiger partial charge on any atom is -0.462 e. The Morgan fingerprint density at radius 1 is 1.35 bits per heavy atom. The molecule has 0 N–H and O–H groups in total. The van der Waals surface area contributed by atoms with Crippen LogP contribution < -0.4 is 0 Å². The molecule has 0 aliphatic rings. The molecule has 2 heterocycles. The molecule has 2 rings (SSSR count). The lowest BCUT2D eigenvalue weighted by molar-refractivity contribution is 0.0526. The molecule has 0 aliphatic carbocycles.